The van der Waals surface area contributed by atoms with Gasteiger partial charge in [-0.15, -0.1) is 12.4 Å². The molecule has 2 atom stereocenters. The van der Waals surface area contributed by atoms with Crippen LogP contribution in [0.3, 0.4) is 0 Å². The largest absolute Gasteiger partial charge is 0.401 e. The third-order valence-electron chi connectivity index (χ3n) is 3.49. The molecule has 2 rings (SSSR count). The first-order valence-corrected chi connectivity index (χ1v) is 6.34. The number of β-amino-alcohol motifs (C(OH)–C–C–N with tert-alkyl or cyclic N) is 1. The van der Waals surface area contributed by atoms with Crippen LogP contribution in [0.1, 0.15) is 6.42 Å². The summed E-state index contributed by atoms with van der Waals surface area (Å²) in [6.07, 6.45) is -4.33. The first-order valence-electron chi connectivity index (χ1n) is 6.34. The Balaban J connectivity index is 0.00000200. The fourth-order valence-electron chi connectivity index (χ4n) is 2.51. The van der Waals surface area contributed by atoms with Gasteiger partial charge >= 0.3 is 6.18 Å². The van der Waals surface area contributed by atoms with Gasteiger partial charge in [0, 0.05) is 32.7 Å². The molecule has 0 aromatic heterocycles. The Morgan fingerprint density at radius 2 is 1.85 bits per heavy atom. The van der Waals surface area contributed by atoms with Crippen molar-refractivity contribution in [2.45, 2.75) is 24.7 Å². The van der Waals surface area contributed by atoms with Crippen molar-refractivity contribution >= 4 is 18.3 Å². The number of piperazine rings is 1. The van der Waals surface area contributed by atoms with Crippen LogP contribution in [0, 0.1) is 0 Å². The molecule has 20 heavy (non-hydrogen) atoms. The third kappa shape index (κ3) is 4.76. The van der Waals surface area contributed by atoms with Crippen LogP contribution >= 0.6 is 12.4 Å². The van der Waals surface area contributed by atoms with Crippen molar-refractivity contribution in [3.8, 4) is 0 Å². The molecule has 0 bridgehead atoms. The van der Waals surface area contributed by atoms with E-state index in [0.29, 0.717) is 26.1 Å². The van der Waals surface area contributed by atoms with Crippen molar-refractivity contribution in [2.75, 3.05) is 39.3 Å². The number of amides is 1. The Labute approximate surface area is 121 Å². The van der Waals surface area contributed by atoms with Gasteiger partial charge in [-0.3, -0.25) is 9.69 Å². The molecule has 9 heteroatoms. The maximum Gasteiger partial charge on any atom is 0.401 e. The standard InChI is InChI=1S/C11H18F3N3O2.ClH/c12-11(13,14)7-16-1-3-17(4-2-16)10(19)9-5-8(18)6-15-9;/h8-9,15,18H,1-7H2;1H/t8-,9-;/m1./s1. The lowest BCUT2D eigenvalue weighted by Crippen LogP contribution is -2.54. The minimum Gasteiger partial charge on any atom is -0.392 e. The summed E-state index contributed by atoms with van der Waals surface area (Å²) in [7, 11) is 0. The molecule has 1 amide bonds. The number of aliphatic hydroxyl groups is 1. The molecule has 0 aromatic carbocycles. The molecule has 2 heterocycles. The minimum absolute atomic E-state index is 0. The van der Waals surface area contributed by atoms with Gasteiger partial charge in [0.2, 0.25) is 5.91 Å². The highest BCUT2D eigenvalue weighted by atomic mass is 35.5. The van der Waals surface area contributed by atoms with Crippen LogP contribution in [0.4, 0.5) is 13.2 Å². The van der Waals surface area contributed by atoms with Crippen molar-refractivity contribution in [3.63, 3.8) is 0 Å². The lowest BCUT2D eigenvalue weighted by atomic mass is 10.1. The third-order valence-corrected chi connectivity index (χ3v) is 3.49. The van der Waals surface area contributed by atoms with Gasteiger partial charge in [0.1, 0.15) is 0 Å². The van der Waals surface area contributed by atoms with E-state index in [4.69, 9.17) is 0 Å². The number of nitrogens with one attached hydrogen (secondary N) is 1. The van der Waals surface area contributed by atoms with Crippen molar-refractivity contribution in [2.24, 2.45) is 0 Å². The van der Waals surface area contributed by atoms with E-state index in [1.807, 2.05) is 0 Å². The maximum absolute atomic E-state index is 12.2. The molecule has 0 saturated carbocycles. The quantitative estimate of drug-likeness (QED) is 0.743. The van der Waals surface area contributed by atoms with Gasteiger partial charge in [-0.05, 0) is 6.42 Å². The summed E-state index contributed by atoms with van der Waals surface area (Å²) in [5.74, 6) is -0.122. The Morgan fingerprint density at radius 1 is 1.25 bits per heavy atom. The average Bonchev–Trinajstić information content (AvgIpc) is 2.74. The number of alkyl halides is 3. The summed E-state index contributed by atoms with van der Waals surface area (Å²) in [6, 6.07) is -0.399. The lowest BCUT2D eigenvalue weighted by Gasteiger charge is -2.36. The smallest absolute Gasteiger partial charge is 0.392 e. The zero-order valence-corrected chi connectivity index (χ0v) is 11.7. The van der Waals surface area contributed by atoms with Crippen molar-refractivity contribution in [1.82, 2.24) is 15.1 Å². The predicted octanol–water partition coefficient (Wildman–Crippen LogP) is -0.163. The van der Waals surface area contributed by atoms with E-state index in [1.54, 1.807) is 4.90 Å². The van der Waals surface area contributed by atoms with Gasteiger partial charge < -0.3 is 15.3 Å². The number of hydrogen-bond acceptors (Lipinski definition) is 4. The molecule has 0 spiro atoms. The van der Waals surface area contributed by atoms with Crippen LogP contribution in [-0.2, 0) is 4.79 Å². The van der Waals surface area contributed by atoms with Gasteiger partial charge in [-0.2, -0.15) is 13.2 Å². The van der Waals surface area contributed by atoms with Crippen LogP contribution in [0.5, 0.6) is 0 Å². The monoisotopic (exact) mass is 317 g/mol. The van der Waals surface area contributed by atoms with E-state index < -0.39 is 24.9 Å². The van der Waals surface area contributed by atoms with Crippen molar-refractivity contribution in [1.29, 1.82) is 0 Å². The van der Waals surface area contributed by atoms with Gasteiger partial charge in [-0.1, -0.05) is 0 Å². The van der Waals surface area contributed by atoms with Gasteiger partial charge in [0.25, 0.3) is 0 Å². The van der Waals surface area contributed by atoms with Crippen LogP contribution in [0.15, 0.2) is 0 Å². The topological polar surface area (TPSA) is 55.8 Å². The highest BCUT2D eigenvalue weighted by Crippen LogP contribution is 2.18. The molecular formula is C11H19ClF3N3O2. The van der Waals surface area contributed by atoms with E-state index >= 15 is 0 Å². The summed E-state index contributed by atoms with van der Waals surface area (Å²) >= 11 is 0. The van der Waals surface area contributed by atoms with Crippen LogP contribution < -0.4 is 5.32 Å². The molecule has 0 unspecified atom stereocenters. The molecule has 5 nitrogen and oxygen atoms in total. The highest BCUT2D eigenvalue weighted by molar-refractivity contribution is 5.85. The number of aliphatic hydroxyl groups excluding tert-OH is 1. The Bertz CT molecular complexity index is 335. The minimum atomic E-state index is -4.19. The number of rotatable bonds is 2. The first-order chi connectivity index (χ1) is 8.85. The van der Waals surface area contributed by atoms with Crippen molar-refractivity contribution < 1.29 is 23.1 Å². The van der Waals surface area contributed by atoms with E-state index in [1.165, 1.54) is 4.90 Å². The van der Waals surface area contributed by atoms with E-state index in [0.717, 1.165) is 0 Å². The predicted molar refractivity (Wildman–Crippen MR) is 68.7 cm³/mol. The SMILES string of the molecule is Cl.O=C([C@H]1C[C@@H](O)CN1)N1CCN(CC(F)(F)F)CC1. The average molecular weight is 318 g/mol. The molecule has 0 aromatic rings. The highest BCUT2D eigenvalue weighted by Gasteiger charge is 2.35. The molecule has 118 valence electrons. The summed E-state index contributed by atoms with van der Waals surface area (Å²) < 4.78 is 36.7. The Morgan fingerprint density at radius 3 is 2.30 bits per heavy atom. The molecule has 2 N–H and O–H groups in total. The molecule has 2 aliphatic rings. The summed E-state index contributed by atoms with van der Waals surface area (Å²) in [4.78, 5) is 14.9. The number of nitrogens with zero attached hydrogens (tertiary/aromatic N) is 2. The number of hydrogen-bond donors (Lipinski definition) is 2. The number of carbonyl (C=O) groups excluding carboxylic acids is 1. The van der Waals surface area contributed by atoms with Crippen LogP contribution in [-0.4, -0.2) is 78.4 Å². The van der Waals surface area contributed by atoms with E-state index in [2.05, 4.69) is 5.32 Å². The van der Waals surface area contributed by atoms with E-state index in [9.17, 15) is 23.1 Å². The molecular weight excluding hydrogens is 299 g/mol. The second-order valence-corrected chi connectivity index (χ2v) is 5.07. The molecule has 2 saturated heterocycles. The first kappa shape index (κ1) is 17.5. The summed E-state index contributed by atoms with van der Waals surface area (Å²) in [6.45, 7) is 0.563. The van der Waals surface area contributed by atoms with Crippen LogP contribution in [0.2, 0.25) is 0 Å². The second kappa shape index (κ2) is 6.93. The normalized spacial score (nSPS) is 28.3. The summed E-state index contributed by atoms with van der Waals surface area (Å²) in [5, 5.41) is 12.3. The lowest BCUT2D eigenvalue weighted by molar-refractivity contribution is -0.152. The van der Waals surface area contributed by atoms with Crippen molar-refractivity contribution in [3.05, 3.63) is 0 Å². The van der Waals surface area contributed by atoms with Gasteiger partial charge in [0.05, 0.1) is 18.7 Å². The fourth-order valence-corrected chi connectivity index (χ4v) is 2.51. The number of halogens is 4. The van der Waals surface area contributed by atoms with E-state index in [-0.39, 0.29) is 31.4 Å². The second-order valence-electron chi connectivity index (χ2n) is 5.07. The molecule has 0 radical (unpaired) electrons. The van der Waals surface area contributed by atoms with Gasteiger partial charge in [-0.25, -0.2) is 0 Å². The molecule has 2 fully saturated rings. The number of carbonyl (C=O) groups is 1. The maximum atomic E-state index is 12.2. The zero-order chi connectivity index (χ0) is 14.0. The molecule has 0 aliphatic carbocycles. The van der Waals surface area contributed by atoms with Gasteiger partial charge in [0.15, 0.2) is 0 Å². The fraction of sp³-hybridized carbons (Fsp3) is 0.909. The Hall–Kier alpha value is -0.570. The van der Waals surface area contributed by atoms with Crippen LogP contribution in [0.25, 0.3) is 0 Å². The zero-order valence-electron chi connectivity index (χ0n) is 10.9. The molecule has 2 aliphatic heterocycles. The summed E-state index contributed by atoms with van der Waals surface area (Å²) in [5.41, 5.74) is 0. The Kier molecular flexibility index (Phi) is 6.06.